The summed E-state index contributed by atoms with van der Waals surface area (Å²) in [5, 5.41) is 26.6. The molecule has 2 saturated carbocycles. The first kappa shape index (κ1) is 42.4. The standard InChI is InChI=1S/C47H59N9O7/c1-26(48)40-45(62)55-20-8-13-38(55)44(61)56-37-12-5-3-10-28(37)22-39(56)43(60)51-35(21-29-25-49-34-17-16-31(57)24-32(29)34)42(59)54-47(18-6-7-19-47)46(63)52-36(41(58)53-40)23-30-15-14-27-9-2-4-11-33(27)50-30/h2,4,9,11,14-17,24-26,28,30,35-40,49-50,57H,3,5-8,10,12-13,18-23,48H2,1H3,(H,51,60)(H,52,63)(H,53,58)(H,54,59)/t26?,28-,30?,35-,36-,37-,38+,39-,40-/m0/s1. The molecule has 63 heavy (non-hydrogen) atoms. The minimum absolute atomic E-state index is 0.0159. The molecule has 16 nitrogen and oxygen atoms in total. The maximum Gasteiger partial charge on any atom is 0.247 e. The van der Waals surface area contributed by atoms with E-state index in [2.05, 4.69) is 31.6 Å². The Morgan fingerprint density at radius 1 is 0.825 bits per heavy atom. The molecule has 2 unspecified atom stereocenters. The zero-order chi connectivity index (χ0) is 44.0. The van der Waals surface area contributed by atoms with Gasteiger partial charge in [-0.25, -0.2) is 0 Å². The van der Waals surface area contributed by atoms with E-state index in [0.717, 1.165) is 42.5 Å². The molecule has 4 aliphatic heterocycles. The predicted octanol–water partition coefficient (Wildman–Crippen LogP) is 2.71. The van der Waals surface area contributed by atoms with Crippen molar-refractivity contribution in [1.82, 2.24) is 36.1 Å². The number of para-hydroxylation sites is 1. The van der Waals surface area contributed by atoms with Crippen molar-refractivity contribution in [2.45, 2.75) is 144 Å². The van der Waals surface area contributed by atoms with Crippen LogP contribution in [0.2, 0.25) is 0 Å². The predicted molar refractivity (Wildman–Crippen MR) is 236 cm³/mol. The lowest BCUT2D eigenvalue weighted by molar-refractivity contribution is -0.150. The molecule has 1 spiro atoms. The van der Waals surface area contributed by atoms with Crippen molar-refractivity contribution >= 4 is 58.1 Å². The molecule has 16 heteroatoms. The third kappa shape index (κ3) is 8.25. The fourth-order valence-corrected chi connectivity index (χ4v) is 11.2. The average molecular weight is 862 g/mol. The quantitative estimate of drug-likeness (QED) is 0.188. The zero-order valence-corrected chi connectivity index (χ0v) is 35.7. The first-order chi connectivity index (χ1) is 30.4. The SMILES string of the molecule is CC(N)[C@@H]1NC(=O)[C@H](CC2C=Cc3ccccc3N2)NC(=O)C2(CCCC2)NC(=O)[C@H](Cc2c[nH]c3ccc(O)cc23)NC(=O)[C@@H]2C[C@@H]3CCCC[C@@H]3N2C(=O)[C@H]2CCCN2C1=O. The number of benzene rings is 2. The average Bonchev–Trinajstić information content (AvgIpc) is 4.11. The number of aromatic nitrogens is 1. The third-order valence-corrected chi connectivity index (χ3v) is 14.5. The van der Waals surface area contributed by atoms with Crippen LogP contribution in [0.3, 0.4) is 0 Å². The molecule has 9 atom stereocenters. The highest BCUT2D eigenvalue weighted by Gasteiger charge is 2.52. The Bertz CT molecular complexity index is 2320. The molecular weight excluding hydrogens is 803 g/mol. The number of phenols is 1. The van der Waals surface area contributed by atoms with Crippen LogP contribution in [0, 0.1) is 5.92 Å². The Morgan fingerprint density at radius 2 is 1.62 bits per heavy atom. The van der Waals surface area contributed by atoms with E-state index in [9.17, 15) is 29.1 Å². The van der Waals surface area contributed by atoms with E-state index >= 15 is 4.79 Å². The molecule has 1 aromatic heterocycles. The number of nitrogens with zero attached hydrogens (tertiary/aromatic N) is 2. The molecule has 9 rings (SSSR count). The number of fused-ring (bicyclic) bond motifs is 6. The summed E-state index contributed by atoms with van der Waals surface area (Å²) in [7, 11) is 0. The minimum Gasteiger partial charge on any atom is -0.508 e. The second-order valence-electron chi connectivity index (χ2n) is 18.7. The number of anilines is 1. The summed E-state index contributed by atoms with van der Waals surface area (Å²) in [6, 6.07) is 5.83. The number of carbonyl (C=O) groups is 6. The first-order valence-electron chi connectivity index (χ1n) is 22.8. The lowest BCUT2D eigenvalue weighted by atomic mass is 9.84. The van der Waals surface area contributed by atoms with Crippen molar-refractivity contribution in [3.8, 4) is 5.75 Å². The van der Waals surface area contributed by atoms with E-state index in [0.29, 0.717) is 55.9 Å². The molecule has 6 aliphatic rings. The summed E-state index contributed by atoms with van der Waals surface area (Å²) in [5.74, 6) is -2.91. The van der Waals surface area contributed by atoms with Gasteiger partial charge >= 0.3 is 0 Å². The second kappa shape index (κ2) is 17.3. The fraction of sp³-hybridized carbons (Fsp3) is 0.532. The largest absolute Gasteiger partial charge is 0.508 e. The molecule has 2 aliphatic carbocycles. The van der Waals surface area contributed by atoms with E-state index in [1.54, 1.807) is 36.2 Å². The number of nitrogens with two attached hydrogens (primary N) is 1. The maximum atomic E-state index is 15.0. The smallest absolute Gasteiger partial charge is 0.247 e. The van der Waals surface area contributed by atoms with Crippen LogP contribution < -0.4 is 32.3 Å². The second-order valence-corrected chi connectivity index (χ2v) is 18.7. The van der Waals surface area contributed by atoms with Gasteiger partial charge in [-0.3, -0.25) is 28.8 Å². The Labute approximate surface area is 366 Å². The molecule has 2 aromatic carbocycles. The van der Waals surface area contributed by atoms with Crippen molar-refractivity contribution in [2.24, 2.45) is 11.7 Å². The highest BCUT2D eigenvalue weighted by atomic mass is 16.3. The van der Waals surface area contributed by atoms with Gasteiger partial charge in [0.05, 0.1) is 0 Å². The van der Waals surface area contributed by atoms with Crippen molar-refractivity contribution in [3.05, 3.63) is 65.9 Å². The molecule has 5 heterocycles. The Balaban J connectivity index is 1.10. The summed E-state index contributed by atoms with van der Waals surface area (Å²) < 4.78 is 0. The lowest BCUT2D eigenvalue weighted by Gasteiger charge is -2.39. The zero-order valence-electron chi connectivity index (χ0n) is 35.7. The van der Waals surface area contributed by atoms with Gasteiger partial charge in [0.1, 0.15) is 41.5 Å². The number of phenolic OH excluding ortho intramolecular Hbond substituents is 1. The highest BCUT2D eigenvalue weighted by molar-refractivity contribution is 6.00. The summed E-state index contributed by atoms with van der Waals surface area (Å²) in [4.78, 5) is 95.2. The van der Waals surface area contributed by atoms with E-state index in [1.807, 2.05) is 36.4 Å². The number of carbonyl (C=O) groups excluding carboxylic acids is 6. The monoisotopic (exact) mass is 861 g/mol. The van der Waals surface area contributed by atoms with E-state index in [4.69, 9.17) is 5.73 Å². The molecule has 334 valence electrons. The number of hydrogen-bond donors (Lipinski definition) is 8. The molecule has 6 amide bonds. The third-order valence-electron chi connectivity index (χ3n) is 14.5. The van der Waals surface area contributed by atoms with Crippen LogP contribution in [0.15, 0.2) is 54.7 Å². The maximum absolute atomic E-state index is 15.0. The fourth-order valence-electron chi connectivity index (χ4n) is 11.2. The highest BCUT2D eigenvalue weighted by Crippen LogP contribution is 2.41. The van der Waals surface area contributed by atoms with Crippen molar-refractivity contribution in [2.75, 3.05) is 11.9 Å². The lowest BCUT2D eigenvalue weighted by Crippen LogP contribution is -2.66. The van der Waals surface area contributed by atoms with Crippen LogP contribution >= 0.6 is 0 Å². The van der Waals surface area contributed by atoms with Gasteiger partial charge in [-0.15, -0.1) is 0 Å². The van der Waals surface area contributed by atoms with E-state index < -0.39 is 71.3 Å². The van der Waals surface area contributed by atoms with Crippen molar-refractivity contribution in [3.63, 3.8) is 0 Å². The summed E-state index contributed by atoms with van der Waals surface area (Å²) in [5.41, 5.74) is 8.30. The number of H-pyrrole nitrogens is 1. The van der Waals surface area contributed by atoms with Gasteiger partial charge in [-0.2, -0.15) is 0 Å². The molecule has 0 radical (unpaired) electrons. The van der Waals surface area contributed by atoms with Gasteiger partial charge in [-0.05, 0) is 93.2 Å². The van der Waals surface area contributed by atoms with Gasteiger partial charge in [0, 0.05) is 60.3 Å². The number of hydrogen-bond acceptors (Lipinski definition) is 9. The molecular formula is C47H59N9O7. The summed E-state index contributed by atoms with van der Waals surface area (Å²) in [6.45, 7) is 1.90. The number of rotatable bonds is 5. The normalized spacial score (nSPS) is 30.6. The summed E-state index contributed by atoms with van der Waals surface area (Å²) in [6.07, 6.45) is 12.4. The Kier molecular flexibility index (Phi) is 11.7. The van der Waals surface area contributed by atoms with Gasteiger partial charge < -0.3 is 52.2 Å². The van der Waals surface area contributed by atoms with Gasteiger partial charge in [0.2, 0.25) is 35.4 Å². The van der Waals surface area contributed by atoms with Crippen LogP contribution in [0.25, 0.3) is 17.0 Å². The van der Waals surface area contributed by atoms with Crippen molar-refractivity contribution in [1.29, 1.82) is 0 Å². The van der Waals surface area contributed by atoms with Gasteiger partial charge in [-0.1, -0.05) is 56.0 Å². The number of nitrogens with one attached hydrogen (secondary N) is 6. The molecule has 9 N–H and O–H groups in total. The minimum atomic E-state index is -1.42. The number of amides is 6. The topological polar surface area (TPSA) is 231 Å². The summed E-state index contributed by atoms with van der Waals surface area (Å²) >= 11 is 0. The first-order valence-corrected chi connectivity index (χ1v) is 22.8. The molecule has 5 fully saturated rings. The Morgan fingerprint density at radius 3 is 2.43 bits per heavy atom. The molecule has 0 bridgehead atoms. The molecule has 3 saturated heterocycles. The van der Waals surface area contributed by atoms with E-state index in [-0.39, 0.29) is 49.0 Å². The van der Waals surface area contributed by atoms with E-state index in [1.165, 1.54) is 4.90 Å². The van der Waals surface area contributed by atoms with Crippen LogP contribution in [0.5, 0.6) is 5.75 Å². The van der Waals surface area contributed by atoms with Crippen molar-refractivity contribution < 1.29 is 33.9 Å². The molecule has 3 aromatic rings. The van der Waals surface area contributed by atoms with Crippen LogP contribution in [0.4, 0.5) is 5.69 Å². The number of aromatic hydroxyl groups is 1. The van der Waals surface area contributed by atoms with Crippen LogP contribution in [0.1, 0.15) is 95.1 Å². The Hall–Kier alpha value is -5.90. The van der Waals surface area contributed by atoms with Crippen LogP contribution in [-0.4, -0.2) is 116 Å². The van der Waals surface area contributed by atoms with Gasteiger partial charge in [0.15, 0.2) is 0 Å². The number of aromatic amines is 1. The van der Waals surface area contributed by atoms with Gasteiger partial charge in [0.25, 0.3) is 0 Å². The van der Waals surface area contributed by atoms with Crippen LogP contribution in [-0.2, 0) is 35.2 Å².